The highest BCUT2D eigenvalue weighted by Crippen LogP contribution is 2.23. The maximum absolute atomic E-state index is 6.16. The Labute approximate surface area is 134 Å². The molecule has 1 nitrogen and oxygen atoms in total. The van der Waals surface area contributed by atoms with Crippen molar-refractivity contribution in [2.24, 2.45) is 0 Å². The van der Waals surface area contributed by atoms with Crippen molar-refractivity contribution < 1.29 is 0 Å². The topological polar surface area (TPSA) is 12.0 Å². The van der Waals surface area contributed by atoms with E-state index in [-0.39, 0.29) is 0 Å². The lowest BCUT2D eigenvalue weighted by molar-refractivity contribution is 1.14. The number of nitrogens with one attached hydrogen (secondary N) is 1. The molecule has 0 aliphatic carbocycles. The molecule has 2 aromatic carbocycles. The van der Waals surface area contributed by atoms with Crippen molar-refractivity contribution in [2.45, 2.75) is 13.5 Å². The van der Waals surface area contributed by atoms with Gasteiger partial charge in [-0.05, 0) is 71.0 Å². The summed E-state index contributed by atoms with van der Waals surface area (Å²) in [7, 11) is 0. The van der Waals surface area contributed by atoms with E-state index in [2.05, 4.69) is 69.0 Å². The average Bonchev–Trinajstić information content (AvgIpc) is 2.34. The molecule has 0 unspecified atom stereocenters. The summed E-state index contributed by atoms with van der Waals surface area (Å²) in [5, 5.41) is 4.17. The third-order valence-electron chi connectivity index (χ3n) is 2.66. The molecule has 0 amide bonds. The van der Waals surface area contributed by atoms with E-state index in [0.717, 1.165) is 27.3 Å². The molecular weight excluding hydrogens is 424 g/mol. The van der Waals surface area contributed by atoms with Crippen LogP contribution in [0.2, 0.25) is 5.02 Å². The van der Waals surface area contributed by atoms with Crippen LogP contribution in [0.4, 0.5) is 5.69 Å². The minimum Gasteiger partial charge on any atom is -0.381 e. The second kappa shape index (κ2) is 6.26. The Morgan fingerprint density at radius 1 is 1.22 bits per heavy atom. The molecule has 2 aromatic rings. The summed E-state index contributed by atoms with van der Waals surface area (Å²) in [6, 6.07) is 12.2. The number of hydrogen-bond acceptors (Lipinski definition) is 1. The van der Waals surface area contributed by atoms with Crippen LogP contribution in [-0.4, -0.2) is 0 Å². The maximum atomic E-state index is 6.16. The van der Waals surface area contributed by atoms with Crippen molar-refractivity contribution in [3.05, 3.63) is 60.6 Å². The van der Waals surface area contributed by atoms with Gasteiger partial charge in [0.2, 0.25) is 0 Å². The fourth-order valence-corrected chi connectivity index (χ4v) is 2.69. The van der Waals surface area contributed by atoms with Crippen molar-refractivity contribution in [1.82, 2.24) is 0 Å². The van der Waals surface area contributed by atoms with Gasteiger partial charge in [0.15, 0.2) is 0 Å². The van der Waals surface area contributed by atoms with Crippen molar-refractivity contribution in [1.29, 1.82) is 0 Å². The van der Waals surface area contributed by atoms with Crippen LogP contribution in [-0.2, 0) is 6.54 Å². The molecule has 0 aliphatic heterocycles. The van der Waals surface area contributed by atoms with Crippen molar-refractivity contribution in [3.8, 4) is 0 Å². The van der Waals surface area contributed by atoms with Crippen LogP contribution in [0.15, 0.2) is 40.9 Å². The molecule has 0 saturated heterocycles. The van der Waals surface area contributed by atoms with Gasteiger partial charge in [-0.15, -0.1) is 0 Å². The zero-order chi connectivity index (χ0) is 13.1. The summed E-state index contributed by atoms with van der Waals surface area (Å²) in [6.45, 7) is 2.83. The Kier molecular flexibility index (Phi) is 4.92. The summed E-state index contributed by atoms with van der Waals surface area (Å²) in [5.74, 6) is 0. The van der Waals surface area contributed by atoms with Crippen LogP contribution < -0.4 is 5.32 Å². The molecule has 94 valence electrons. The standard InChI is InChI=1S/C14H12BrClIN/c1-9-2-4-12(7-14(9)17)18-8-10-6-11(15)3-5-13(10)16/h2-7,18H,8H2,1H3. The van der Waals surface area contributed by atoms with Gasteiger partial charge < -0.3 is 5.32 Å². The van der Waals surface area contributed by atoms with Crippen molar-refractivity contribution in [3.63, 3.8) is 0 Å². The van der Waals surface area contributed by atoms with Gasteiger partial charge in [-0.2, -0.15) is 0 Å². The molecule has 0 aromatic heterocycles. The van der Waals surface area contributed by atoms with E-state index in [4.69, 9.17) is 11.6 Å². The second-order valence-corrected chi connectivity index (χ2v) is 6.54. The molecule has 1 N–H and O–H groups in total. The summed E-state index contributed by atoms with van der Waals surface area (Å²) >= 11 is 12.0. The van der Waals surface area contributed by atoms with E-state index in [1.807, 2.05) is 18.2 Å². The molecule has 0 bridgehead atoms. The number of halogens is 3. The Morgan fingerprint density at radius 3 is 2.72 bits per heavy atom. The van der Waals surface area contributed by atoms with Gasteiger partial charge in [0, 0.05) is 25.3 Å². The van der Waals surface area contributed by atoms with E-state index >= 15 is 0 Å². The number of anilines is 1. The molecule has 0 spiro atoms. The quantitative estimate of drug-likeness (QED) is 0.615. The highest BCUT2D eigenvalue weighted by atomic mass is 127. The third kappa shape index (κ3) is 3.62. The monoisotopic (exact) mass is 435 g/mol. The van der Waals surface area contributed by atoms with E-state index in [0.29, 0.717) is 0 Å². The second-order valence-electron chi connectivity index (χ2n) is 4.05. The molecular formula is C14H12BrClIN. The van der Waals surface area contributed by atoms with Gasteiger partial charge in [-0.25, -0.2) is 0 Å². The van der Waals surface area contributed by atoms with Gasteiger partial charge in [0.1, 0.15) is 0 Å². The van der Waals surface area contributed by atoms with E-state index in [1.54, 1.807) is 0 Å². The third-order valence-corrected chi connectivity index (χ3v) is 4.69. The van der Waals surface area contributed by atoms with Gasteiger partial charge >= 0.3 is 0 Å². The molecule has 0 heterocycles. The first-order valence-electron chi connectivity index (χ1n) is 5.50. The van der Waals surface area contributed by atoms with E-state index in [1.165, 1.54) is 9.13 Å². The predicted octanol–water partition coefficient (Wildman–Crippen LogP) is 5.63. The van der Waals surface area contributed by atoms with Gasteiger partial charge in [0.25, 0.3) is 0 Å². The molecule has 4 heteroatoms. The zero-order valence-corrected chi connectivity index (χ0v) is 14.3. The van der Waals surface area contributed by atoms with Crippen LogP contribution >= 0.6 is 50.1 Å². The normalized spacial score (nSPS) is 10.4. The van der Waals surface area contributed by atoms with Crippen LogP contribution in [0.1, 0.15) is 11.1 Å². The molecule has 2 rings (SSSR count). The number of rotatable bonds is 3. The number of aryl methyl sites for hydroxylation is 1. The first kappa shape index (κ1) is 14.2. The smallest absolute Gasteiger partial charge is 0.0456 e. The highest BCUT2D eigenvalue weighted by Gasteiger charge is 2.02. The molecule has 18 heavy (non-hydrogen) atoms. The fourth-order valence-electron chi connectivity index (χ4n) is 1.58. The predicted molar refractivity (Wildman–Crippen MR) is 90.4 cm³/mol. The highest BCUT2D eigenvalue weighted by molar-refractivity contribution is 14.1. The van der Waals surface area contributed by atoms with Crippen LogP contribution in [0.5, 0.6) is 0 Å². The lowest BCUT2D eigenvalue weighted by Gasteiger charge is -2.10. The average molecular weight is 437 g/mol. The van der Waals surface area contributed by atoms with Crippen LogP contribution in [0.3, 0.4) is 0 Å². The Bertz CT molecular complexity index is 572. The van der Waals surface area contributed by atoms with E-state index < -0.39 is 0 Å². The first-order chi connectivity index (χ1) is 8.56. The number of hydrogen-bond donors (Lipinski definition) is 1. The first-order valence-corrected chi connectivity index (χ1v) is 7.75. The van der Waals surface area contributed by atoms with E-state index in [9.17, 15) is 0 Å². The largest absolute Gasteiger partial charge is 0.381 e. The molecule has 0 aliphatic rings. The molecule has 0 atom stereocenters. The lowest BCUT2D eigenvalue weighted by Crippen LogP contribution is -2.00. The van der Waals surface area contributed by atoms with Gasteiger partial charge in [-0.1, -0.05) is 33.6 Å². The Morgan fingerprint density at radius 2 is 2.00 bits per heavy atom. The molecule has 0 fully saturated rings. The van der Waals surface area contributed by atoms with Crippen LogP contribution in [0.25, 0.3) is 0 Å². The summed E-state index contributed by atoms with van der Waals surface area (Å²) < 4.78 is 2.31. The summed E-state index contributed by atoms with van der Waals surface area (Å²) in [6.07, 6.45) is 0. The minimum absolute atomic E-state index is 0.720. The molecule has 0 saturated carbocycles. The Balaban J connectivity index is 2.11. The summed E-state index contributed by atoms with van der Waals surface area (Å²) in [5.41, 5.74) is 3.49. The van der Waals surface area contributed by atoms with Crippen molar-refractivity contribution in [2.75, 3.05) is 5.32 Å². The van der Waals surface area contributed by atoms with Gasteiger partial charge in [-0.3, -0.25) is 0 Å². The Hall–Kier alpha value is -0.260. The number of benzene rings is 2. The van der Waals surface area contributed by atoms with Crippen LogP contribution in [0, 0.1) is 10.5 Å². The van der Waals surface area contributed by atoms with Crippen molar-refractivity contribution >= 4 is 55.8 Å². The van der Waals surface area contributed by atoms with Gasteiger partial charge in [0.05, 0.1) is 0 Å². The lowest BCUT2D eigenvalue weighted by atomic mass is 10.2. The molecule has 0 radical (unpaired) electrons. The minimum atomic E-state index is 0.720. The maximum Gasteiger partial charge on any atom is 0.0456 e. The SMILES string of the molecule is Cc1ccc(NCc2cc(Br)ccc2Cl)cc1I. The zero-order valence-electron chi connectivity index (χ0n) is 9.81. The summed E-state index contributed by atoms with van der Waals surface area (Å²) in [4.78, 5) is 0. The fraction of sp³-hybridized carbons (Fsp3) is 0.143.